The van der Waals surface area contributed by atoms with Gasteiger partial charge < -0.3 is 20.5 Å². The van der Waals surface area contributed by atoms with Crippen LogP contribution < -0.4 is 15.4 Å². The Morgan fingerprint density at radius 1 is 1.07 bits per heavy atom. The summed E-state index contributed by atoms with van der Waals surface area (Å²) in [4.78, 5) is 19.3. The van der Waals surface area contributed by atoms with Gasteiger partial charge in [0.2, 0.25) is 0 Å². The lowest BCUT2D eigenvalue weighted by atomic mass is 10.1. The molecule has 0 spiro atoms. The molecule has 0 bridgehead atoms. The number of carboxylic acid groups (broad SMARTS) is 1. The zero-order chi connectivity index (χ0) is 19.1. The quantitative estimate of drug-likeness (QED) is 0.562. The maximum atomic E-state index is 10.9. The van der Waals surface area contributed by atoms with Crippen molar-refractivity contribution < 1.29 is 14.6 Å². The molecule has 3 rings (SSSR count). The van der Waals surface area contributed by atoms with Gasteiger partial charge in [0.25, 0.3) is 0 Å². The molecule has 1 heterocycles. The van der Waals surface area contributed by atoms with Gasteiger partial charge in [-0.15, -0.1) is 0 Å². The van der Waals surface area contributed by atoms with E-state index >= 15 is 0 Å². The van der Waals surface area contributed by atoms with Crippen molar-refractivity contribution in [3.8, 4) is 5.75 Å². The van der Waals surface area contributed by atoms with Gasteiger partial charge in [-0.2, -0.15) is 0 Å². The molecule has 2 aromatic carbocycles. The number of aromatic nitrogens is 2. The summed E-state index contributed by atoms with van der Waals surface area (Å²) in [6.45, 7) is 0.699. The molecule has 0 fully saturated rings. The molecule has 0 atom stereocenters. The second-order valence-electron chi connectivity index (χ2n) is 5.78. The number of para-hydroxylation sites is 1. The first kappa shape index (κ1) is 18.2. The zero-order valence-electron chi connectivity index (χ0n) is 14.8. The molecule has 7 heteroatoms. The first-order valence-corrected chi connectivity index (χ1v) is 8.44. The van der Waals surface area contributed by atoms with Crippen LogP contribution in [0.25, 0.3) is 0 Å². The summed E-state index contributed by atoms with van der Waals surface area (Å²) in [5.74, 6) is 1.23. The third-order valence-electron chi connectivity index (χ3n) is 3.96. The van der Waals surface area contributed by atoms with Crippen LogP contribution in [0.5, 0.6) is 5.75 Å². The van der Waals surface area contributed by atoms with Gasteiger partial charge in [0, 0.05) is 18.3 Å². The van der Waals surface area contributed by atoms with Crippen LogP contribution in [0.2, 0.25) is 0 Å². The zero-order valence-corrected chi connectivity index (χ0v) is 14.8. The normalized spacial score (nSPS) is 10.3. The highest BCUT2D eigenvalue weighted by atomic mass is 16.5. The Morgan fingerprint density at radius 2 is 1.81 bits per heavy atom. The van der Waals surface area contributed by atoms with Crippen molar-refractivity contribution in [1.82, 2.24) is 9.97 Å². The number of hydrogen-bond acceptors (Lipinski definition) is 6. The van der Waals surface area contributed by atoms with E-state index in [-0.39, 0.29) is 5.56 Å². The van der Waals surface area contributed by atoms with E-state index < -0.39 is 5.97 Å². The molecule has 0 saturated carbocycles. The number of carbonyl (C=O) groups is 1. The first-order chi connectivity index (χ1) is 13.2. The fourth-order valence-corrected chi connectivity index (χ4v) is 2.60. The summed E-state index contributed by atoms with van der Waals surface area (Å²) in [6, 6.07) is 16.2. The molecule has 0 aliphatic heterocycles. The molecule has 7 nitrogen and oxygen atoms in total. The van der Waals surface area contributed by atoms with Crippen LogP contribution in [-0.4, -0.2) is 34.7 Å². The molecule has 0 amide bonds. The van der Waals surface area contributed by atoms with E-state index in [9.17, 15) is 4.79 Å². The van der Waals surface area contributed by atoms with Gasteiger partial charge in [-0.05, 0) is 42.3 Å². The van der Waals surface area contributed by atoms with Crippen molar-refractivity contribution in [2.75, 3.05) is 24.3 Å². The molecular formula is C20H20N4O3. The van der Waals surface area contributed by atoms with Crippen molar-refractivity contribution in [2.24, 2.45) is 0 Å². The van der Waals surface area contributed by atoms with Gasteiger partial charge in [-0.25, -0.2) is 14.8 Å². The molecule has 1 aromatic heterocycles. The molecule has 0 aliphatic carbocycles. The van der Waals surface area contributed by atoms with E-state index in [0.717, 1.165) is 23.4 Å². The number of benzene rings is 2. The summed E-state index contributed by atoms with van der Waals surface area (Å²) in [5, 5.41) is 15.3. The number of ether oxygens (including phenoxy) is 1. The molecule has 138 valence electrons. The van der Waals surface area contributed by atoms with E-state index in [2.05, 4.69) is 20.6 Å². The third kappa shape index (κ3) is 4.94. The fourth-order valence-electron chi connectivity index (χ4n) is 2.60. The Hall–Kier alpha value is -3.61. The number of carboxylic acids is 1. The van der Waals surface area contributed by atoms with Crippen molar-refractivity contribution in [3.63, 3.8) is 0 Å². The van der Waals surface area contributed by atoms with Crippen LogP contribution >= 0.6 is 0 Å². The lowest BCUT2D eigenvalue weighted by Gasteiger charge is -2.10. The number of methoxy groups -OCH3 is 1. The maximum absolute atomic E-state index is 10.9. The van der Waals surface area contributed by atoms with Crippen LogP contribution in [0, 0.1) is 0 Å². The SMILES string of the molecule is COc1ccccc1CCNc1cc(Nc2ccc(C(=O)O)cc2)ncn1. The second kappa shape index (κ2) is 8.66. The van der Waals surface area contributed by atoms with Crippen LogP contribution in [0.3, 0.4) is 0 Å². The minimum Gasteiger partial charge on any atom is -0.496 e. The highest BCUT2D eigenvalue weighted by Gasteiger charge is 2.04. The predicted molar refractivity (Wildman–Crippen MR) is 104 cm³/mol. The highest BCUT2D eigenvalue weighted by molar-refractivity contribution is 5.88. The summed E-state index contributed by atoms with van der Waals surface area (Å²) in [7, 11) is 1.66. The predicted octanol–water partition coefficient (Wildman–Crippen LogP) is 3.58. The lowest BCUT2D eigenvalue weighted by molar-refractivity contribution is 0.0697. The van der Waals surface area contributed by atoms with E-state index in [0.29, 0.717) is 18.2 Å². The first-order valence-electron chi connectivity index (χ1n) is 8.44. The van der Waals surface area contributed by atoms with Gasteiger partial charge >= 0.3 is 5.97 Å². The monoisotopic (exact) mass is 364 g/mol. The minimum atomic E-state index is -0.954. The average Bonchev–Trinajstić information content (AvgIpc) is 2.69. The molecule has 3 aromatic rings. The Kier molecular flexibility index (Phi) is 5.84. The number of aromatic carboxylic acids is 1. The van der Waals surface area contributed by atoms with Gasteiger partial charge in [0.05, 0.1) is 12.7 Å². The molecule has 0 radical (unpaired) electrons. The van der Waals surface area contributed by atoms with E-state index in [1.165, 1.54) is 18.5 Å². The van der Waals surface area contributed by atoms with Crippen molar-refractivity contribution >= 4 is 23.3 Å². The molecule has 3 N–H and O–H groups in total. The Morgan fingerprint density at radius 3 is 2.56 bits per heavy atom. The topological polar surface area (TPSA) is 96.4 Å². The van der Waals surface area contributed by atoms with Crippen molar-refractivity contribution in [2.45, 2.75) is 6.42 Å². The average molecular weight is 364 g/mol. The van der Waals surface area contributed by atoms with Gasteiger partial charge in [-0.3, -0.25) is 0 Å². The Balaban J connectivity index is 1.59. The van der Waals surface area contributed by atoms with Crippen LogP contribution in [0.4, 0.5) is 17.3 Å². The highest BCUT2D eigenvalue weighted by Crippen LogP contribution is 2.19. The molecule has 0 aliphatic rings. The molecule has 27 heavy (non-hydrogen) atoms. The smallest absolute Gasteiger partial charge is 0.335 e. The summed E-state index contributed by atoms with van der Waals surface area (Å²) in [6.07, 6.45) is 2.27. The number of anilines is 3. The van der Waals surface area contributed by atoms with Gasteiger partial charge in [-0.1, -0.05) is 18.2 Å². The number of nitrogens with one attached hydrogen (secondary N) is 2. The summed E-state index contributed by atoms with van der Waals surface area (Å²) < 4.78 is 5.36. The van der Waals surface area contributed by atoms with Crippen LogP contribution in [-0.2, 0) is 6.42 Å². The third-order valence-corrected chi connectivity index (χ3v) is 3.96. The Labute approximate surface area is 157 Å². The van der Waals surface area contributed by atoms with E-state index in [1.807, 2.05) is 24.3 Å². The lowest BCUT2D eigenvalue weighted by Crippen LogP contribution is -2.08. The minimum absolute atomic E-state index is 0.238. The largest absolute Gasteiger partial charge is 0.496 e. The van der Waals surface area contributed by atoms with Crippen LogP contribution in [0.1, 0.15) is 15.9 Å². The van der Waals surface area contributed by atoms with Gasteiger partial charge in [0.1, 0.15) is 23.7 Å². The standard InChI is InChI=1S/C20H20N4O3/c1-27-17-5-3-2-4-14(17)10-11-21-18-12-19(23-13-22-18)24-16-8-6-15(7-9-16)20(25)26/h2-9,12-13H,10-11H2,1H3,(H,25,26)(H2,21,22,23,24). The summed E-state index contributed by atoms with van der Waals surface area (Å²) in [5.41, 5.74) is 2.11. The number of hydrogen-bond donors (Lipinski definition) is 3. The second-order valence-corrected chi connectivity index (χ2v) is 5.78. The van der Waals surface area contributed by atoms with E-state index in [4.69, 9.17) is 9.84 Å². The molecule has 0 saturated heterocycles. The fraction of sp³-hybridized carbons (Fsp3) is 0.150. The van der Waals surface area contributed by atoms with E-state index in [1.54, 1.807) is 25.3 Å². The van der Waals surface area contributed by atoms with Gasteiger partial charge in [0.15, 0.2) is 0 Å². The Bertz CT molecular complexity index is 913. The number of rotatable bonds is 8. The van der Waals surface area contributed by atoms with Crippen molar-refractivity contribution in [1.29, 1.82) is 0 Å². The van der Waals surface area contributed by atoms with Crippen molar-refractivity contribution in [3.05, 3.63) is 72.1 Å². The molecular weight excluding hydrogens is 344 g/mol. The van der Waals surface area contributed by atoms with Crippen LogP contribution in [0.15, 0.2) is 60.9 Å². The number of nitrogens with zero attached hydrogens (tertiary/aromatic N) is 2. The molecule has 0 unspecified atom stereocenters. The maximum Gasteiger partial charge on any atom is 0.335 e. The summed E-state index contributed by atoms with van der Waals surface area (Å²) >= 11 is 0.